The zero-order valence-electron chi connectivity index (χ0n) is 22.1. The first-order valence-corrected chi connectivity index (χ1v) is 13.7. The van der Waals surface area contributed by atoms with E-state index in [-0.39, 0.29) is 24.3 Å². The number of nitrogens with zero attached hydrogens (tertiary/aromatic N) is 1. The molecule has 1 saturated carbocycles. The zero-order valence-corrected chi connectivity index (χ0v) is 22.1. The molecular weight excluding hydrogens is 438 g/mol. The van der Waals surface area contributed by atoms with Gasteiger partial charge in [-0.3, -0.25) is 9.59 Å². The first-order valence-electron chi connectivity index (χ1n) is 13.7. The van der Waals surface area contributed by atoms with Crippen LogP contribution >= 0.6 is 0 Å². The van der Waals surface area contributed by atoms with Crippen molar-refractivity contribution in [3.63, 3.8) is 0 Å². The molecule has 4 atom stereocenters. The van der Waals surface area contributed by atoms with Gasteiger partial charge in [-0.05, 0) is 44.1 Å². The molecular formula is C30H47NO4. The van der Waals surface area contributed by atoms with Gasteiger partial charge in [0, 0.05) is 25.8 Å². The third-order valence-corrected chi connectivity index (χ3v) is 7.36. The zero-order chi connectivity index (χ0) is 25.7. The topological polar surface area (TPSA) is 77.8 Å². The summed E-state index contributed by atoms with van der Waals surface area (Å²) in [5.41, 5.74) is -0.268. The fraction of sp³-hybridized carbons (Fsp3) is 0.667. The normalized spacial score (nSPS) is 20.8. The maximum Gasteiger partial charge on any atom is 0.222 e. The number of allylic oxidation sites excluding steroid dienone is 1. The van der Waals surface area contributed by atoms with Gasteiger partial charge < -0.3 is 15.1 Å². The number of likely N-dealkylation sites (N-methyl/N-ethyl adjacent to an activating group) is 1. The Hall–Kier alpha value is -1.98. The predicted octanol–water partition coefficient (Wildman–Crippen LogP) is 5.79. The summed E-state index contributed by atoms with van der Waals surface area (Å²) in [4.78, 5) is 26.5. The fourth-order valence-corrected chi connectivity index (χ4v) is 5.13. The van der Waals surface area contributed by atoms with E-state index in [0.717, 1.165) is 69.8 Å². The van der Waals surface area contributed by atoms with Crippen LogP contribution in [0.2, 0.25) is 0 Å². The van der Waals surface area contributed by atoms with Crippen LogP contribution in [0, 0.1) is 11.8 Å². The second-order valence-corrected chi connectivity index (χ2v) is 10.6. The number of rotatable bonds is 16. The van der Waals surface area contributed by atoms with E-state index in [1.165, 1.54) is 0 Å². The molecule has 5 nitrogen and oxygen atoms in total. The molecule has 0 unspecified atom stereocenters. The molecule has 1 amide bonds. The van der Waals surface area contributed by atoms with Crippen LogP contribution < -0.4 is 0 Å². The number of amides is 1. The smallest absolute Gasteiger partial charge is 0.222 e. The molecule has 0 saturated heterocycles. The molecule has 0 aromatic heterocycles. The van der Waals surface area contributed by atoms with Crippen LogP contribution in [0.25, 0.3) is 0 Å². The van der Waals surface area contributed by atoms with Crippen LogP contribution in [0.5, 0.6) is 0 Å². The molecule has 0 aliphatic heterocycles. The Bertz CT molecular complexity index is 789. The van der Waals surface area contributed by atoms with Gasteiger partial charge in [-0.2, -0.15) is 0 Å². The monoisotopic (exact) mass is 485 g/mol. The van der Waals surface area contributed by atoms with Crippen molar-refractivity contribution in [1.82, 2.24) is 4.90 Å². The molecule has 5 heteroatoms. The van der Waals surface area contributed by atoms with Crippen molar-refractivity contribution in [2.45, 2.75) is 103 Å². The molecule has 0 heterocycles. The number of carbonyl (C=O) groups excluding carboxylic acids is 2. The second kappa shape index (κ2) is 15.2. The highest BCUT2D eigenvalue weighted by Gasteiger charge is 2.32. The van der Waals surface area contributed by atoms with Crippen LogP contribution in [0.4, 0.5) is 0 Å². The van der Waals surface area contributed by atoms with Crippen molar-refractivity contribution < 1.29 is 19.8 Å². The summed E-state index contributed by atoms with van der Waals surface area (Å²) in [6.07, 6.45) is 14.4. The third kappa shape index (κ3) is 10.3. The summed E-state index contributed by atoms with van der Waals surface area (Å²) < 4.78 is 0. The SMILES string of the molecule is CCCCC[C@@H](O)/C=C/[C@H]1CCC(=O)[C@@H]1CCCCCCC(=O)N(C)C[C@@](C)(O)c1ccccc1. The maximum absolute atomic E-state index is 12.5. The number of hydrogen-bond donors (Lipinski definition) is 2. The van der Waals surface area contributed by atoms with E-state index in [2.05, 4.69) is 13.0 Å². The Morgan fingerprint density at radius 2 is 1.86 bits per heavy atom. The van der Waals surface area contributed by atoms with Gasteiger partial charge in [-0.1, -0.05) is 87.9 Å². The van der Waals surface area contributed by atoms with Crippen LogP contribution in [0.15, 0.2) is 42.5 Å². The standard InChI is InChI=1S/C30H47NO4/c1-4-5-9-16-26(32)21-19-24-20-22-28(33)27(24)17-12-6-7-13-18-29(34)31(3)23-30(2,35)25-14-10-8-11-15-25/h8,10-11,14-15,19,21,24,26-27,32,35H,4-7,9,12-13,16-18,20,22-23H2,1-3H3/b21-19+/t24-,26+,27+,30+/m0/s1. The predicted molar refractivity (Wildman–Crippen MR) is 142 cm³/mol. The number of carbonyl (C=O) groups is 2. The molecule has 1 aliphatic rings. The molecule has 0 radical (unpaired) electrons. The minimum absolute atomic E-state index is 0.0508. The Balaban J connectivity index is 1.65. The Kier molecular flexibility index (Phi) is 12.7. The van der Waals surface area contributed by atoms with E-state index in [4.69, 9.17) is 0 Å². The van der Waals surface area contributed by atoms with E-state index in [1.807, 2.05) is 36.4 Å². The first-order chi connectivity index (χ1) is 16.7. The average Bonchev–Trinajstić information content (AvgIpc) is 3.19. The third-order valence-electron chi connectivity index (χ3n) is 7.36. The van der Waals surface area contributed by atoms with Gasteiger partial charge in [0.15, 0.2) is 0 Å². The molecule has 0 spiro atoms. The van der Waals surface area contributed by atoms with Crippen LogP contribution in [0.3, 0.4) is 0 Å². The van der Waals surface area contributed by atoms with Gasteiger partial charge in [0.1, 0.15) is 11.4 Å². The molecule has 196 valence electrons. The van der Waals surface area contributed by atoms with Crippen molar-refractivity contribution in [3.8, 4) is 0 Å². The van der Waals surface area contributed by atoms with Gasteiger partial charge in [-0.25, -0.2) is 0 Å². The Labute approximate surface area is 212 Å². The highest BCUT2D eigenvalue weighted by molar-refractivity contribution is 5.83. The van der Waals surface area contributed by atoms with Gasteiger partial charge in [0.2, 0.25) is 5.91 Å². The number of benzene rings is 1. The summed E-state index contributed by atoms with van der Waals surface area (Å²) in [5.74, 6) is 0.760. The van der Waals surface area contributed by atoms with E-state index < -0.39 is 11.7 Å². The van der Waals surface area contributed by atoms with Gasteiger partial charge in [0.05, 0.1) is 12.6 Å². The lowest BCUT2D eigenvalue weighted by Crippen LogP contribution is -2.39. The number of unbranched alkanes of at least 4 members (excludes halogenated alkanes) is 5. The van der Waals surface area contributed by atoms with Crippen LogP contribution in [-0.2, 0) is 15.2 Å². The summed E-state index contributed by atoms with van der Waals surface area (Å²) in [6, 6.07) is 9.45. The van der Waals surface area contributed by atoms with E-state index in [0.29, 0.717) is 18.6 Å². The van der Waals surface area contributed by atoms with Crippen molar-refractivity contribution in [2.75, 3.05) is 13.6 Å². The van der Waals surface area contributed by atoms with Gasteiger partial charge in [0.25, 0.3) is 0 Å². The molecule has 1 aromatic rings. The molecule has 1 fully saturated rings. The summed E-state index contributed by atoms with van der Waals surface area (Å²) in [5, 5.41) is 20.9. The highest BCUT2D eigenvalue weighted by atomic mass is 16.3. The van der Waals surface area contributed by atoms with Crippen molar-refractivity contribution in [3.05, 3.63) is 48.0 Å². The number of Topliss-reactive ketones (excluding diaryl/α,β-unsaturated/α-hetero) is 1. The quantitative estimate of drug-likeness (QED) is 0.230. The number of ketones is 1. The van der Waals surface area contributed by atoms with Crippen molar-refractivity contribution in [1.29, 1.82) is 0 Å². The molecule has 2 rings (SSSR count). The fourth-order valence-electron chi connectivity index (χ4n) is 5.13. The average molecular weight is 486 g/mol. The minimum Gasteiger partial charge on any atom is -0.389 e. The summed E-state index contributed by atoms with van der Waals surface area (Å²) in [6.45, 7) is 4.17. The number of aliphatic hydroxyl groups is 2. The molecule has 35 heavy (non-hydrogen) atoms. The summed E-state index contributed by atoms with van der Waals surface area (Å²) in [7, 11) is 1.75. The Morgan fingerprint density at radius 1 is 1.14 bits per heavy atom. The molecule has 1 aliphatic carbocycles. The second-order valence-electron chi connectivity index (χ2n) is 10.6. The van der Waals surface area contributed by atoms with Gasteiger partial charge in [-0.15, -0.1) is 0 Å². The van der Waals surface area contributed by atoms with Crippen LogP contribution in [-0.4, -0.2) is 46.5 Å². The van der Waals surface area contributed by atoms with Crippen LogP contribution in [0.1, 0.15) is 96.5 Å². The van der Waals surface area contributed by atoms with E-state index in [9.17, 15) is 19.8 Å². The molecule has 0 bridgehead atoms. The minimum atomic E-state index is -1.07. The maximum atomic E-state index is 12.5. The van der Waals surface area contributed by atoms with Crippen molar-refractivity contribution >= 4 is 11.7 Å². The number of hydrogen-bond acceptors (Lipinski definition) is 4. The lowest BCUT2D eigenvalue weighted by molar-refractivity contribution is -0.133. The lowest BCUT2D eigenvalue weighted by Gasteiger charge is -2.29. The Morgan fingerprint density at radius 3 is 2.57 bits per heavy atom. The lowest BCUT2D eigenvalue weighted by atomic mass is 9.89. The van der Waals surface area contributed by atoms with Crippen molar-refractivity contribution in [2.24, 2.45) is 11.8 Å². The van der Waals surface area contributed by atoms with E-state index >= 15 is 0 Å². The summed E-state index contributed by atoms with van der Waals surface area (Å²) >= 11 is 0. The molecule has 1 aromatic carbocycles. The largest absolute Gasteiger partial charge is 0.389 e. The highest BCUT2D eigenvalue weighted by Crippen LogP contribution is 2.34. The van der Waals surface area contributed by atoms with Gasteiger partial charge >= 0.3 is 0 Å². The molecule has 2 N–H and O–H groups in total. The first kappa shape index (κ1) is 29.3. The number of aliphatic hydroxyl groups excluding tert-OH is 1. The van der Waals surface area contributed by atoms with E-state index in [1.54, 1.807) is 18.9 Å².